The van der Waals surface area contributed by atoms with Gasteiger partial charge < -0.3 is 5.73 Å². The second kappa shape index (κ2) is 5.87. The third-order valence-electron chi connectivity index (χ3n) is 3.28. The molecule has 0 unspecified atom stereocenters. The minimum atomic E-state index is -3.59. The lowest BCUT2D eigenvalue weighted by molar-refractivity contribution is 0.580. The molecule has 0 bridgehead atoms. The van der Waals surface area contributed by atoms with E-state index in [9.17, 15) is 8.42 Å². The molecule has 2 rings (SSSR count). The summed E-state index contributed by atoms with van der Waals surface area (Å²) in [4.78, 5) is 0.212. The summed E-state index contributed by atoms with van der Waals surface area (Å²) in [6.45, 7) is 3.95. The first kappa shape index (κ1) is 15.5. The second-order valence-corrected chi connectivity index (χ2v) is 6.71. The van der Waals surface area contributed by atoms with Gasteiger partial charge in [0.2, 0.25) is 10.0 Å². The molecule has 0 aliphatic carbocycles. The van der Waals surface area contributed by atoms with Crippen molar-refractivity contribution in [2.45, 2.75) is 31.7 Å². The van der Waals surface area contributed by atoms with E-state index in [2.05, 4.69) is 9.82 Å². The number of aryl methyl sites for hydroxylation is 3. The molecule has 0 saturated heterocycles. The predicted molar refractivity (Wildman–Crippen MR) is 82.2 cm³/mol. The van der Waals surface area contributed by atoms with Crippen molar-refractivity contribution in [1.82, 2.24) is 14.5 Å². The van der Waals surface area contributed by atoms with Gasteiger partial charge in [-0.2, -0.15) is 5.10 Å². The van der Waals surface area contributed by atoms with Crippen LogP contribution in [0.1, 0.15) is 23.7 Å². The third kappa shape index (κ3) is 3.43. The van der Waals surface area contributed by atoms with Crippen LogP contribution in [0.2, 0.25) is 0 Å². The van der Waals surface area contributed by atoms with Gasteiger partial charge in [0.1, 0.15) is 0 Å². The summed E-state index contributed by atoms with van der Waals surface area (Å²) in [7, 11) is -1.78. The monoisotopic (exact) mass is 308 g/mol. The number of nitrogens with two attached hydrogens (primary N) is 1. The number of anilines is 1. The number of hydrogen-bond acceptors (Lipinski definition) is 4. The van der Waals surface area contributed by atoms with Crippen molar-refractivity contribution >= 4 is 15.7 Å². The predicted octanol–water partition coefficient (Wildman–Crippen LogP) is 1.35. The van der Waals surface area contributed by atoms with Crippen LogP contribution in [0.3, 0.4) is 0 Å². The number of hydrogen-bond donors (Lipinski definition) is 2. The second-order valence-electron chi connectivity index (χ2n) is 4.98. The van der Waals surface area contributed by atoms with E-state index in [1.54, 1.807) is 23.7 Å². The van der Waals surface area contributed by atoms with Crippen LogP contribution >= 0.6 is 0 Å². The number of sulfonamides is 1. The Kier molecular flexibility index (Phi) is 4.34. The molecule has 0 atom stereocenters. The number of benzene rings is 1. The Morgan fingerprint density at radius 1 is 1.38 bits per heavy atom. The fourth-order valence-electron chi connectivity index (χ4n) is 2.19. The summed E-state index contributed by atoms with van der Waals surface area (Å²) < 4.78 is 29.1. The minimum absolute atomic E-state index is 0.212. The highest BCUT2D eigenvalue weighted by Gasteiger charge is 2.18. The molecule has 1 aromatic heterocycles. The summed E-state index contributed by atoms with van der Waals surface area (Å²) >= 11 is 0. The van der Waals surface area contributed by atoms with Gasteiger partial charge in [0.25, 0.3) is 0 Å². The Bertz CT molecular complexity index is 750. The lowest BCUT2D eigenvalue weighted by atomic mass is 10.2. The normalized spacial score (nSPS) is 11.8. The van der Waals surface area contributed by atoms with E-state index < -0.39 is 10.0 Å². The number of nitrogens with zero attached hydrogens (tertiary/aromatic N) is 2. The van der Waals surface area contributed by atoms with Crippen molar-refractivity contribution in [2.75, 3.05) is 5.73 Å². The van der Waals surface area contributed by atoms with E-state index in [-0.39, 0.29) is 11.4 Å². The van der Waals surface area contributed by atoms with Gasteiger partial charge >= 0.3 is 0 Å². The van der Waals surface area contributed by atoms with Crippen molar-refractivity contribution < 1.29 is 8.42 Å². The summed E-state index contributed by atoms with van der Waals surface area (Å²) in [5.41, 5.74) is 8.54. The standard InChI is InChI=1S/C14H20N4O2S/c1-4-13-11(9-18(3)17-13)8-16-21(19,20)14-7-12(15)6-5-10(14)2/h5-7,9,16H,4,8,15H2,1-3H3. The van der Waals surface area contributed by atoms with Crippen molar-refractivity contribution in [3.63, 3.8) is 0 Å². The zero-order chi connectivity index (χ0) is 15.6. The van der Waals surface area contributed by atoms with Crippen LogP contribution in [0.4, 0.5) is 5.69 Å². The SMILES string of the molecule is CCc1nn(C)cc1CNS(=O)(=O)c1cc(N)ccc1C. The molecule has 0 amide bonds. The van der Waals surface area contributed by atoms with Crippen LogP contribution in [-0.2, 0) is 30.0 Å². The maximum Gasteiger partial charge on any atom is 0.241 e. The first-order valence-electron chi connectivity index (χ1n) is 6.70. The molecule has 1 heterocycles. The van der Waals surface area contributed by atoms with Crippen LogP contribution in [0.15, 0.2) is 29.3 Å². The summed E-state index contributed by atoms with van der Waals surface area (Å²) in [5, 5.41) is 4.30. The molecule has 0 radical (unpaired) electrons. The van der Waals surface area contributed by atoms with Gasteiger partial charge in [-0.25, -0.2) is 13.1 Å². The highest BCUT2D eigenvalue weighted by Crippen LogP contribution is 2.18. The van der Waals surface area contributed by atoms with Crippen molar-refractivity contribution in [1.29, 1.82) is 0 Å². The Hall–Kier alpha value is -1.86. The van der Waals surface area contributed by atoms with Crippen molar-refractivity contribution in [3.05, 3.63) is 41.2 Å². The first-order chi connectivity index (χ1) is 9.83. The number of nitrogens with one attached hydrogen (secondary N) is 1. The van der Waals surface area contributed by atoms with Gasteiger partial charge in [0.15, 0.2) is 0 Å². The lowest BCUT2D eigenvalue weighted by Gasteiger charge is -2.10. The van der Waals surface area contributed by atoms with Crippen molar-refractivity contribution in [2.24, 2.45) is 7.05 Å². The molecule has 1 aromatic carbocycles. The molecular formula is C14H20N4O2S. The third-order valence-corrected chi connectivity index (χ3v) is 4.82. The maximum atomic E-state index is 12.4. The molecule has 0 aliphatic heterocycles. The molecule has 0 aliphatic rings. The molecule has 0 fully saturated rings. The van der Waals surface area contributed by atoms with E-state index in [0.717, 1.165) is 17.7 Å². The molecule has 7 heteroatoms. The highest BCUT2D eigenvalue weighted by molar-refractivity contribution is 7.89. The van der Waals surface area contributed by atoms with E-state index in [1.807, 2.05) is 20.2 Å². The van der Waals surface area contributed by atoms with Gasteiger partial charge in [-0.3, -0.25) is 4.68 Å². The van der Waals surface area contributed by atoms with Gasteiger partial charge in [0.05, 0.1) is 10.6 Å². The van der Waals surface area contributed by atoms with Gasteiger partial charge in [-0.15, -0.1) is 0 Å². The van der Waals surface area contributed by atoms with Gasteiger partial charge in [0, 0.05) is 31.0 Å². The fourth-order valence-corrected chi connectivity index (χ4v) is 3.47. The molecular weight excluding hydrogens is 288 g/mol. The quantitative estimate of drug-likeness (QED) is 0.816. The number of rotatable bonds is 5. The Morgan fingerprint density at radius 2 is 2.10 bits per heavy atom. The first-order valence-corrected chi connectivity index (χ1v) is 8.19. The van der Waals surface area contributed by atoms with Crippen LogP contribution in [0.25, 0.3) is 0 Å². The average Bonchev–Trinajstić information content (AvgIpc) is 2.79. The molecule has 3 N–H and O–H groups in total. The van der Waals surface area contributed by atoms with Crippen LogP contribution in [0.5, 0.6) is 0 Å². The zero-order valence-electron chi connectivity index (χ0n) is 12.4. The molecule has 0 saturated carbocycles. The Labute approximate surface area is 125 Å². The topological polar surface area (TPSA) is 90.0 Å². The summed E-state index contributed by atoms with van der Waals surface area (Å²) in [6.07, 6.45) is 2.59. The molecule has 114 valence electrons. The van der Waals surface area contributed by atoms with E-state index >= 15 is 0 Å². The largest absolute Gasteiger partial charge is 0.399 e. The lowest BCUT2D eigenvalue weighted by Crippen LogP contribution is -2.24. The molecule has 2 aromatic rings. The minimum Gasteiger partial charge on any atom is -0.399 e. The Balaban J connectivity index is 2.23. The smallest absolute Gasteiger partial charge is 0.241 e. The fraction of sp³-hybridized carbons (Fsp3) is 0.357. The van der Waals surface area contributed by atoms with E-state index in [0.29, 0.717) is 11.3 Å². The number of nitrogen functional groups attached to an aromatic ring is 1. The zero-order valence-corrected chi connectivity index (χ0v) is 13.2. The number of aromatic nitrogens is 2. The molecule has 0 spiro atoms. The molecule has 21 heavy (non-hydrogen) atoms. The average molecular weight is 308 g/mol. The van der Waals surface area contributed by atoms with E-state index in [1.165, 1.54) is 6.07 Å². The summed E-state index contributed by atoms with van der Waals surface area (Å²) in [5.74, 6) is 0. The highest BCUT2D eigenvalue weighted by atomic mass is 32.2. The van der Waals surface area contributed by atoms with Crippen LogP contribution in [0, 0.1) is 6.92 Å². The van der Waals surface area contributed by atoms with E-state index in [4.69, 9.17) is 5.73 Å². The van der Waals surface area contributed by atoms with Crippen molar-refractivity contribution in [3.8, 4) is 0 Å². The maximum absolute atomic E-state index is 12.4. The van der Waals surface area contributed by atoms with Crippen LogP contribution < -0.4 is 10.5 Å². The van der Waals surface area contributed by atoms with Crippen LogP contribution in [-0.4, -0.2) is 18.2 Å². The summed E-state index contributed by atoms with van der Waals surface area (Å²) in [6, 6.07) is 4.86. The molecule has 6 nitrogen and oxygen atoms in total. The van der Waals surface area contributed by atoms with Gasteiger partial charge in [-0.05, 0) is 31.0 Å². The Morgan fingerprint density at radius 3 is 2.76 bits per heavy atom. The van der Waals surface area contributed by atoms with Gasteiger partial charge in [-0.1, -0.05) is 13.0 Å².